The van der Waals surface area contributed by atoms with Crippen molar-refractivity contribution >= 4 is 5.97 Å². The fourth-order valence-corrected chi connectivity index (χ4v) is 3.14. The summed E-state index contributed by atoms with van der Waals surface area (Å²) in [4.78, 5) is 11.2. The Bertz CT molecular complexity index is 523. The van der Waals surface area contributed by atoms with Crippen LogP contribution >= 0.6 is 0 Å². The summed E-state index contributed by atoms with van der Waals surface area (Å²) in [6.45, 7) is 3.88. The van der Waals surface area contributed by atoms with Crippen molar-refractivity contribution in [3.8, 4) is 5.75 Å². The van der Waals surface area contributed by atoms with E-state index in [1.807, 2.05) is 26.0 Å². The van der Waals surface area contributed by atoms with E-state index >= 15 is 0 Å². The van der Waals surface area contributed by atoms with E-state index < -0.39 is 5.79 Å². The molecule has 0 unspecified atom stereocenters. The lowest BCUT2D eigenvalue weighted by atomic mass is 9.98. The van der Waals surface area contributed by atoms with Crippen LogP contribution in [-0.2, 0) is 25.4 Å². The number of carbonyl (C=O) groups excluding carboxylic acids is 1. The summed E-state index contributed by atoms with van der Waals surface area (Å²) < 4.78 is 16.7. The zero-order chi connectivity index (χ0) is 17.6. The highest BCUT2D eigenvalue weighted by Crippen LogP contribution is 2.31. The molecule has 0 spiro atoms. The first kappa shape index (κ1) is 18.7. The van der Waals surface area contributed by atoms with Crippen molar-refractivity contribution in [2.24, 2.45) is 0 Å². The summed E-state index contributed by atoms with van der Waals surface area (Å²) in [6.07, 6.45) is 4.89. The van der Waals surface area contributed by atoms with Gasteiger partial charge in [-0.15, -0.1) is 0 Å². The first-order valence-corrected chi connectivity index (χ1v) is 8.58. The second-order valence-electron chi connectivity index (χ2n) is 6.79. The maximum Gasteiger partial charge on any atom is 0.305 e. The molecule has 0 aromatic heterocycles. The Kier molecular flexibility index (Phi) is 6.63. The molecule has 1 aliphatic heterocycles. The van der Waals surface area contributed by atoms with Crippen LogP contribution in [-0.4, -0.2) is 36.2 Å². The quantitative estimate of drug-likeness (QED) is 0.771. The van der Waals surface area contributed by atoms with Gasteiger partial charge in [0.05, 0.1) is 19.3 Å². The van der Waals surface area contributed by atoms with Crippen LogP contribution in [0.4, 0.5) is 0 Å². The molecule has 2 atom stereocenters. The molecule has 2 rings (SSSR count). The molecule has 5 nitrogen and oxygen atoms in total. The van der Waals surface area contributed by atoms with Gasteiger partial charge in [0.1, 0.15) is 5.75 Å². The third kappa shape index (κ3) is 6.13. The molecule has 0 radical (unpaired) electrons. The summed E-state index contributed by atoms with van der Waals surface area (Å²) in [5.74, 6) is -0.494. The SMILES string of the molecule is COC(=O)CCC[C@@H]1C[C@H](CCc2ccc(O)cc2)OC(C)(C)O1. The summed E-state index contributed by atoms with van der Waals surface area (Å²) in [6, 6.07) is 7.29. The van der Waals surface area contributed by atoms with Crippen LogP contribution in [0.1, 0.15) is 51.5 Å². The minimum atomic E-state index is -0.603. The second-order valence-corrected chi connectivity index (χ2v) is 6.79. The number of esters is 1. The number of benzene rings is 1. The first-order chi connectivity index (χ1) is 11.4. The molecule has 0 amide bonds. The van der Waals surface area contributed by atoms with Crippen LogP contribution in [0.15, 0.2) is 24.3 Å². The molecule has 24 heavy (non-hydrogen) atoms. The molecule has 0 saturated carbocycles. The fourth-order valence-electron chi connectivity index (χ4n) is 3.14. The predicted molar refractivity (Wildman–Crippen MR) is 90.7 cm³/mol. The average molecular weight is 336 g/mol. The Morgan fingerprint density at radius 3 is 2.46 bits per heavy atom. The Morgan fingerprint density at radius 1 is 1.21 bits per heavy atom. The second kappa shape index (κ2) is 8.49. The lowest BCUT2D eigenvalue weighted by molar-refractivity contribution is -0.301. The number of ether oxygens (including phenoxy) is 3. The average Bonchev–Trinajstić information content (AvgIpc) is 2.53. The van der Waals surface area contributed by atoms with Crippen LogP contribution in [0.2, 0.25) is 0 Å². The Hall–Kier alpha value is -1.59. The van der Waals surface area contributed by atoms with E-state index in [1.54, 1.807) is 12.1 Å². The molecule has 1 heterocycles. The van der Waals surface area contributed by atoms with Crippen molar-refractivity contribution in [3.05, 3.63) is 29.8 Å². The zero-order valence-electron chi connectivity index (χ0n) is 14.8. The van der Waals surface area contributed by atoms with E-state index in [2.05, 4.69) is 4.74 Å². The van der Waals surface area contributed by atoms with E-state index in [-0.39, 0.29) is 23.9 Å². The van der Waals surface area contributed by atoms with Gasteiger partial charge in [-0.3, -0.25) is 4.79 Å². The highest BCUT2D eigenvalue weighted by atomic mass is 16.7. The lowest BCUT2D eigenvalue weighted by Crippen LogP contribution is -2.44. The largest absolute Gasteiger partial charge is 0.508 e. The maximum absolute atomic E-state index is 11.2. The molecule has 0 bridgehead atoms. The molecular formula is C19H28O5. The zero-order valence-corrected chi connectivity index (χ0v) is 14.8. The van der Waals surface area contributed by atoms with Gasteiger partial charge in [0.25, 0.3) is 0 Å². The van der Waals surface area contributed by atoms with Crippen molar-refractivity contribution in [1.29, 1.82) is 0 Å². The number of aromatic hydroxyl groups is 1. The summed E-state index contributed by atoms with van der Waals surface area (Å²) in [7, 11) is 1.41. The van der Waals surface area contributed by atoms with Gasteiger partial charge in [-0.2, -0.15) is 0 Å². The number of carbonyl (C=O) groups is 1. The smallest absolute Gasteiger partial charge is 0.305 e. The van der Waals surface area contributed by atoms with Crippen LogP contribution in [0.3, 0.4) is 0 Å². The van der Waals surface area contributed by atoms with E-state index in [0.29, 0.717) is 6.42 Å². The summed E-state index contributed by atoms with van der Waals surface area (Å²) >= 11 is 0. The van der Waals surface area contributed by atoms with Gasteiger partial charge in [0.2, 0.25) is 0 Å². The Balaban J connectivity index is 1.83. The maximum atomic E-state index is 11.2. The molecule has 1 N–H and O–H groups in total. The summed E-state index contributed by atoms with van der Waals surface area (Å²) in [5.41, 5.74) is 1.18. The van der Waals surface area contributed by atoms with E-state index in [0.717, 1.165) is 32.1 Å². The number of phenolic OH excluding ortho intramolecular Hbond substituents is 1. The topological polar surface area (TPSA) is 65.0 Å². The van der Waals surface area contributed by atoms with E-state index in [9.17, 15) is 9.90 Å². The molecule has 1 aliphatic rings. The number of methoxy groups -OCH3 is 1. The molecule has 0 aliphatic carbocycles. The van der Waals surface area contributed by atoms with Gasteiger partial charge in [0.15, 0.2) is 5.79 Å². The van der Waals surface area contributed by atoms with E-state index in [1.165, 1.54) is 12.7 Å². The first-order valence-electron chi connectivity index (χ1n) is 8.58. The standard InChI is InChI=1S/C19H28O5/c1-19(2)23-16(5-4-6-18(21)22-3)13-17(24-19)12-9-14-7-10-15(20)11-8-14/h7-8,10-11,16-17,20H,4-6,9,12-13H2,1-3H3/t16-,17+/m1/s1. The third-order valence-electron chi connectivity index (χ3n) is 4.25. The van der Waals surface area contributed by atoms with Crippen molar-refractivity contribution < 1.29 is 24.1 Å². The third-order valence-corrected chi connectivity index (χ3v) is 4.25. The predicted octanol–water partition coefficient (Wildman–Crippen LogP) is 3.58. The molecule has 134 valence electrons. The van der Waals surface area contributed by atoms with E-state index in [4.69, 9.17) is 9.47 Å². The van der Waals surface area contributed by atoms with Crippen LogP contribution < -0.4 is 0 Å². The van der Waals surface area contributed by atoms with Crippen molar-refractivity contribution in [3.63, 3.8) is 0 Å². The number of hydrogen-bond acceptors (Lipinski definition) is 5. The Morgan fingerprint density at radius 2 is 1.83 bits per heavy atom. The molecule has 1 aromatic rings. The molecule has 1 fully saturated rings. The van der Waals surface area contributed by atoms with Crippen molar-refractivity contribution in [2.45, 2.75) is 70.4 Å². The van der Waals surface area contributed by atoms with Gasteiger partial charge in [-0.05, 0) is 57.2 Å². The van der Waals surface area contributed by atoms with Crippen LogP contribution in [0, 0.1) is 0 Å². The highest BCUT2D eigenvalue weighted by molar-refractivity contribution is 5.68. The minimum absolute atomic E-state index is 0.100. The van der Waals surface area contributed by atoms with Gasteiger partial charge in [0, 0.05) is 12.8 Å². The van der Waals surface area contributed by atoms with Gasteiger partial charge < -0.3 is 19.3 Å². The lowest BCUT2D eigenvalue weighted by Gasteiger charge is -2.41. The number of phenols is 1. The van der Waals surface area contributed by atoms with Crippen molar-refractivity contribution in [1.82, 2.24) is 0 Å². The van der Waals surface area contributed by atoms with Gasteiger partial charge >= 0.3 is 5.97 Å². The molecule has 5 heteroatoms. The number of hydrogen-bond donors (Lipinski definition) is 1. The summed E-state index contributed by atoms with van der Waals surface area (Å²) in [5, 5.41) is 9.34. The van der Waals surface area contributed by atoms with Gasteiger partial charge in [-0.25, -0.2) is 0 Å². The molecular weight excluding hydrogens is 308 g/mol. The normalized spacial score (nSPS) is 23.0. The highest BCUT2D eigenvalue weighted by Gasteiger charge is 2.34. The minimum Gasteiger partial charge on any atom is -0.508 e. The Labute approximate surface area is 143 Å². The van der Waals surface area contributed by atoms with Gasteiger partial charge in [-0.1, -0.05) is 12.1 Å². The van der Waals surface area contributed by atoms with Crippen LogP contribution in [0.25, 0.3) is 0 Å². The molecule has 1 saturated heterocycles. The fraction of sp³-hybridized carbons (Fsp3) is 0.632. The monoisotopic (exact) mass is 336 g/mol. The molecule has 1 aromatic carbocycles. The van der Waals surface area contributed by atoms with Crippen molar-refractivity contribution in [2.75, 3.05) is 7.11 Å². The number of aryl methyl sites for hydroxylation is 1. The van der Waals surface area contributed by atoms with Crippen LogP contribution in [0.5, 0.6) is 5.75 Å². The number of rotatable bonds is 7.